The van der Waals surface area contributed by atoms with Gasteiger partial charge in [-0.15, -0.1) is 0 Å². The monoisotopic (exact) mass is 449 g/mol. The van der Waals surface area contributed by atoms with Gasteiger partial charge >= 0.3 is 5.97 Å². The van der Waals surface area contributed by atoms with Crippen LogP contribution in [0.2, 0.25) is 0 Å². The second-order valence-corrected chi connectivity index (χ2v) is 7.77. The standard InChI is InChI=1S/C21H31N5O6/c1-12(2)8-16(21(31)32)26-20(30)15(10-17(23)27)25-19(29)14(24-18(28)11-22)9-13-6-4-3-5-7-13/h3-7,12,14-16H,8-11,22H2,1-2H3,(H2,23,27)(H,24,28)(H,25,29)(H,26,30)(H,31,32). The summed E-state index contributed by atoms with van der Waals surface area (Å²) < 4.78 is 0. The molecule has 0 heterocycles. The molecule has 0 radical (unpaired) electrons. The van der Waals surface area contributed by atoms with Gasteiger partial charge in [0.15, 0.2) is 0 Å². The zero-order chi connectivity index (χ0) is 24.3. The fourth-order valence-electron chi connectivity index (χ4n) is 2.96. The normalized spacial score (nSPS) is 13.5. The topological polar surface area (TPSA) is 194 Å². The molecule has 0 aliphatic heterocycles. The first-order valence-electron chi connectivity index (χ1n) is 10.2. The number of hydrogen-bond acceptors (Lipinski definition) is 6. The van der Waals surface area contributed by atoms with Gasteiger partial charge in [-0.25, -0.2) is 4.79 Å². The SMILES string of the molecule is CC(C)CC(NC(=O)C(CC(N)=O)NC(=O)C(Cc1ccccc1)NC(=O)CN)C(=O)O. The molecule has 3 atom stereocenters. The predicted octanol–water partition coefficient (Wildman–Crippen LogP) is -1.35. The van der Waals surface area contributed by atoms with Crippen LogP contribution in [-0.2, 0) is 30.4 Å². The fraction of sp³-hybridized carbons (Fsp3) is 0.476. The van der Waals surface area contributed by atoms with Gasteiger partial charge in [0.1, 0.15) is 18.1 Å². The zero-order valence-electron chi connectivity index (χ0n) is 18.2. The lowest BCUT2D eigenvalue weighted by molar-refractivity contribution is -0.143. The molecule has 0 saturated heterocycles. The van der Waals surface area contributed by atoms with E-state index in [4.69, 9.17) is 11.5 Å². The molecule has 3 unspecified atom stereocenters. The number of amides is 4. The highest BCUT2D eigenvalue weighted by Gasteiger charge is 2.30. The number of carboxylic acids is 1. The number of aliphatic carboxylic acids is 1. The van der Waals surface area contributed by atoms with E-state index in [1.807, 2.05) is 0 Å². The first kappa shape index (κ1) is 26.6. The van der Waals surface area contributed by atoms with Crippen molar-refractivity contribution in [2.45, 2.75) is 51.2 Å². The Hall–Kier alpha value is -3.47. The maximum atomic E-state index is 12.9. The Morgan fingerprint density at radius 3 is 1.97 bits per heavy atom. The number of benzene rings is 1. The summed E-state index contributed by atoms with van der Waals surface area (Å²) in [5.41, 5.74) is 11.3. The van der Waals surface area contributed by atoms with Crippen molar-refractivity contribution in [1.82, 2.24) is 16.0 Å². The molecular formula is C21H31N5O6. The molecular weight excluding hydrogens is 418 g/mol. The van der Waals surface area contributed by atoms with E-state index in [9.17, 15) is 29.1 Å². The second kappa shape index (κ2) is 13.1. The third-order valence-electron chi connectivity index (χ3n) is 4.48. The Morgan fingerprint density at radius 1 is 0.906 bits per heavy atom. The number of primary amides is 1. The maximum absolute atomic E-state index is 12.9. The Balaban J connectivity index is 3.02. The molecule has 32 heavy (non-hydrogen) atoms. The summed E-state index contributed by atoms with van der Waals surface area (Å²) in [6.07, 6.45) is -0.287. The summed E-state index contributed by atoms with van der Waals surface area (Å²) in [6, 6.07) is 5.13. The van der Waals surface area contributed by atoms with Gasteiger partial charge in [0.05, 0.1) is 13.0 Å². The third-order valence-corrected chi connectivity index (χ3v) is 4.48. The largest absolute Gasteiger partial charge is 0.480 e. The van der Waals surface area contributed by atoms with Crippen LogP contribution in [0.25, 0.3) is 0 Å². The van der Waals surface area contributed by atoms with Crippen molar-refractivity contribution in [2.24, 2.45) is 17.4 Å². The third kappa shape index (κ3) is 9.56. The summed E-state index contributed by atoms with van der Waals surface area (Å²) in [7, 11) is 0. The molecule has 0 aromatic heterocycles. The number of hydrogen-bond donors (Lipinski definition) is 6. The molecule has 0 bridgehead atoms. The van der Waals surface area contributed by atoms with Crippen molar-refractivity contribution in [3.63, 3.8) is 0 Å². The number of nitrogens with two attached hydrogens (primary N) is 2. The van der Waals surface area contributed by atoms with Gasteiger partial charge in [-0.2, -0.15) is 0 Å². The highest BCUT2D eigenvalue weighted by Crippen LogP contribution is 2.07. The molecule has 0 aliphatic rings. The molecule has 1 rings (SSSR count). The summed E-state index contributed by atoms with van der Waals surface area (Å²) >= 11 is 0. The minimum atomic E-state index is -1.41. The number of carbonyl (C=O) groups excluding carboxylic acids is 4. The van der Waals surface area contributed by atoms with E-state index in [-0.39, 0.29) is 25.3 Å². The van der Waals surface area contributed by atoms with E-state index in [0.29, 0.717) is 0 Å². The average molecular weight is 450 g/mol. The second-order valence-electron chi connectivity index (χ2n) is 7.77. The molecule has 0 saturated carbocycles. The quantitative estimate of drug-likeness (QED) is 0.214. The lowest BCUT2D eigenvalue weighted by Gasteiger charge is -2.24. The molecule has 1 aromatic rings. The van der Waals surface area contributed by atoms with Gasteiger partial charge in [0, 0.05) is 6.42 Å². The molecule has 176 valence electrons. The van der Waals surface area contributed by atoms with Crippen LogP contribution in [0.5, 0.6) is 0 Å². The number of carbonyl (C=O) groups is 5. The predicted molar refractivity (Wildman–Crippen MR) is 116 cm³/mol. The van der Waals surface area contributed by atoms with Crippen LogP contribution in [0.15, 0.2) is 30.3 Å². The molecule has 11 nitrogen and oxygen atoms in total. The lowest BCUT2D eigenvalue weighted by atomic mass is 10.0. The molecule has 0 aliphatic carbocycles. The zero-order valence-corrected chi connectivity index (χ0v) is 18.2. The van der Waals surface area contributed by atoms with Crippen molar-refractivity contribution in [2.75, 3.05) is 6.54 Å². The van der Waals surface area contributed by atoms with Crippen LogP contribution >= 0.6 is 0 Å². The first-order chi connectivity index (χ1) is 15.0. The van der Waals surface area contributed by atoms with Gasteiger partial charge in [0.25, 0.3) is 0 Å². The van der Waals surface area contributed by atoms with Crippen LogP contribution in [0, 0.1) is 5.92 Å². The Bertz CT molecular complexity index is 814. The molecule has 0 fully saturated rings. The minimum Gasteiger partial charge on any atom is -0.480 e. The summed E-state index contributed by atoms with van der Waals surface area (Å²) in [6.45, 7) is 3.23. The van der Waals surface area contributed by atoms with Crippen molar-refractivity contribution in [3.8, 4) is 0 Å². The van der Waals surface area contributed by atoms with E-state index in [1.54, 1.807) is 44.2 Å². The summed E-state index contributed by atoms with van der Waals surface area (Å²) in [5.74, 6) is -4.33. The number of carboxylic acid groups (broad SMARTS) is 1. The number of nitrogens with one attached hydrogen (secondary N) is 3. The highest BCUT2D eigenvalue weighted by atomic mass is 16.4. The smallest absolute Gasteiger partial charge is 0.326 e. The van der Waals surface area contributed by atoms with Crippen LogP contribution in [0.3, 0.4) is 0 Å². The van der Waals surface area contributed by atoms with Crippen molar-refractivity contribution < 1.29 is 29.1 Å². The fourth-order valence-corrected chi connectivity index (χ4v) is 2.96. The van der Waals surface area contributed by atoms with E-state index < -0.39 is 54.1 Å². The first-order valence-corrected chi connectivity index (χ1v) is 10.2. The van der Waals surface area contributed by atoms with E-state index >= 15 is 0 Å². The Kier molecular flexibility index (Phi) is 10.8. The summed E-state index contributed by atoms with van der Waals surface area (Å²) in [4.78, 5) is 60.3. The Labute approximate surface area is 186 Å². The maximum Gasteiger partial charge on any atom is 0.326 e. The van der Waals surface area contributed by atoms with Crippen molar-refractivity contribution in [1.29, 1.82) is 0 Å². The Morgan fingerprint density at radius 2 is 1.47 bits per heavy atom. The molecule has 4 amide bonds. The van der Waals surface area contributed by atoms with Crippen molar-refractivity contribution >= 4 is 29.6 Å². The van der Waals surface area contributed by atoms with Gasteiger partial charge in [-0.1, -0.05) is 44.2 Å². The van der Waals surface area contributed by atoms with E-state index in [2.05, 4.69) is 16.0 Å². The van der Waals surface area contributed by atoms with Crippen LogP contribution in [0.1, 0.15) is 32.3 Å². The molecule has 11 heteroatoms. The number of rotatable bonds is 13. The lowest BCUT2D eigenvalue weighted by Crippen LogP contribution is -2.57. The van der Waals surface area contributed by atoms with Crippen molar-refractivity contribution in [3.05, 3.63) is 35.9 Å². The minimum absolute atomic E-state index is 0.0256. The average Bonchev–Trinajstić information content (AvgIpc) is 2.72. The van der Waals surface area contributed by atoms with Gasteiger partial charge in [0.2, 0.25) is 23.6 Å². The molecule has 0 spiro atoms. The van der Waals surface area contributed by atoms with E-state index in [0.717, 1.165) is 5.56 Å². The highest BCUT2D eigenvalue weighted by molar-refractivity contribution is 5.95. The van der Waals surface area contributed by atoms with Crippen LogP contribution < -0.4 is 27.4 Å². The summed E-state index contributed by atoms with van der Waals surface area (Å²) in [5, 5.41) is 16.5. The van der Waals surface area contributed by atoms with Gasteiger partial charge in [-0.05, 0) is 17.9 Å². The van der Waals surface area contributed by atoms with Crippen LogP contribution in [-0.4, -0.2) is 59.4 Å². The van der Waals surface area contributed by atoms with Gasteiger partial charge < -0.3 is 32.5 Å². The molecule has 8 N–H and O–H groups in total. The molecule has 1 aromatic carbocycles. The van der Waals surface area contributed by atoms with Gasteiger partial charge in [-0.3, -0.25) is 19.2 Å². The van der Waals surface area contributed by atoms with Crippen LogP contribution in [0.4, 0.5) is 0 Å². The van der Waals surface area contributed by atoms with E-state index in [1.165, 1.54) is 0 Å².